The first-order valence-corrected chi connectivity index (χ1v) is 8.58. The molecule has 23 heavy (non-hydrogen) atoms. The number of benzene rings is 2. The third-order valence-electron chi connectivity index (χ3n) is 3.81. The average Bonchev–Trinajstić information content (AvgIpc) is 2.56. The lowest BCUT2D eigenvalue weighted by Gasteiger charge is -2.05. The van der Waals surface area contributed by atoms with Crippen molar-refractivity contribution in [2.75, 3.05) is 0 Å². The van der Waals surface area contributed by atoms with Crippen LogP contribution < -0.4 is 15.2 Å². The van der Waals surface area contributed by atoms with E-state index in [1.807, 2.05) is 13.0 Å². The number of fused-ring (bicyclic) bond motifs is 1. The van der Waals surface area contributed by atoms with Crippen LogP contribution in [0, 0.1) is 13.8 Å². The van der Waals surface area contributed by atoms with Gasteiger partial charge < -0.3 is 0 Å². The molecule has 2 aliphatic rings. The molecule has 0 fully saturated rings. The van der Waals surface area contributed by atoms with Crippen molar-refractivity contribution in [3.05, 3.63) is 62.8 Å². The summed E-state index contributed by atoms with van der Waals surface area (Å²) in [5.41, 5.74) is 4.47. The molecular weight excluding hydrogens is 300 g/mol. The number of nitrogens with zero attached hydrogens (tertiary/aromatic N) is 2. The maximum absolute atomic E-state index is 4.81. The van der Waals surface area contributed by atoms with Gasteiger partial charge >= 0.3 is 0 Å². The van der Waals surface area contributed by atoms with Gasteiger partial charge in [-0.25, -0.2) is 9.98 Å². The Hall–Kier alpha value is -2.26. The van der Waals surface area contributed by atoms with E-state index in [-0.39, 0.29) is 0 Å². The largest absolute Gasteiger partial charge is 0.249 e. The Labute approximate surface area is 140 Å². The minimum Gasteiger partial charge on any atom is -0.249 e. The molecule has 116 valence electrons. The fourth-order valence-corrected chi connectivity index (χ4v) is 3.52. The Morgan fingerprint density at radius 1 is 1.00 bits per heavy atom. The summed E-state index contributed by atoms with van der Waals surface area (Å²) in [6.07, 6.45) is 4.17. The molecule has 0 atom stereocenters. The number of hydrogen-bond acceptors (Lipinski definition) is 3. The highest BCUT2D eigenvalue weighted by molar-refractivity contribution is 7.13. The molecule has 0 N–H and O–H groups in total. The second kappa shape index (κ2) is 6.47. The van der Waals surface area contributed by atoms with Gasteiger partial charge in [-0.3, -0.25) is 0 Å². The van der Waals surface area contributed by atoms with E-state index in [1.165, 1.54) is 15.7 Å². The van der Waals surface area contributed by atoms with Gasteiger partial charge in [0.1, 0.15) is 0 Å². The molecule has 3 rings (SSSR count). The molecule has 1 heterocycles. The van der Waals surface area contributed by atoms with Crippen LogP contribution in [0.1, 0.15) is 25.0 Å². The Bertz CT molecular complexity index is 1010. The van der Waals surface area contributed by atoms with Gasteiger partial charge in [-0.1, -0.05) is 24.3 Å². The molecule has 1 aromatic carbocycles. The van der Waals surface area contributed by atoms with Gasteiger partial charge in [0.15, 0.2) is 0 Å². The molecule has 0 amide bonds. The third kappa shape index (κ3) is 3.25. The van der Waals surface area contributed by atoms with Gasteiger partial charge in [0, 0.05) is 4.53 Å². The molecule has 0 unspecified atom stereocenters. The second-order valence-corrected chi connectivity index (χ2v) is 6.68. The second-order valence-electron chi connectivity index (χ2n) is 5.59. The van der Waals surface area contributed by atoms with Crippen molar-refractivity contribution in [1.29, 1.82) is 0 Å². The number of hydrogen-bond donors (Lipinski definition) is 0. The van der Waals surface area contributed by atoms with E-state index in [9.17, 15) is 0 Å². The van der Waals surface area contributed by atoms with E-state index >= 15 is 0 Å². The maximum atomic E-state index is 4.81. The zero-order chi connectivity index (χ0) is 16.4. The van der Waals surface area contributed by atoms with Crippen LogP contribution in [0.25, 0.3) is 22.7 Å². The van der Waals surface area contributed by atoms with Crippen LogP contribution in [-0.2, 0) is 0 Å². The molecule has 0 saturated heterocycles. The molecule has 3 heteroatoms. The molecular formula is C20H20N2S. The lowest BCUT2D eigenvalue weighted by atomic mass is 10.1. The summed E-state index contributed by atoms with van der Waals surface area (Å²) in [6, 6.07) is 12.6. The molecule has 1 aliphatic heterocycles. The first kappa shape index (κ1) is 15.6. The van der Waals surface area contributed by atoms with Crippen molar-refractivity contribution in [3.63, 3.8) is 0 Å². The molecule has 0 aromatic heterocycles. The Morgan fingerprint density at radius 2 is 1.83 bits per heavy atom. The monoisotopic (exact) mass is 320 g/mol. The summed E-state index contributed by atoms with van der Waals surface area (Å²) in [6.45, 7) is 8.27. The van der Waals surface area contributed by atoms with Crippen LogP contribution in [0.5, 0.6) is 0 Å². The van der Waals surface area contributed by atoms with Gasteiger partial charge in [-0.2, -0.15) is 0 Å². The van der Waals surface area contributed by atoms with Crippen LogP contribution in [0.3, 0.4) is 0 Å². The van der Waals surface area contributed by atoms with Gasteiger partial charge in [-0.05, 0) is 63.1 Å². The van der Waals surface area contributed by atoms with E-state index in [1.54, 1.807) is 11.3 Å². The van der Waals surface area contributed by atoms with E-state index in [0.29, 0.717) is 0 Å². The summed E-state index contributed by atoms with van der Waals surface area (Å²) in [4.78, 5) is 10.7. The molecule has 0 saturated carbocycles. The van der Waals surface area contributed by atoms with Crippen molar-refractivity contribution in [3.8, 4) is 10.6 Å². The molecule has 0 spiro atoms. The van der Waals surface area contributed by atoms with Gasteiger partial charge in [0.25, 0.3) is 0 Å². The summed E-state index contributed by atoms with van der Waals surface area (Å²) in [5.74, 6) is 0. The SMILES string of the molecule is C/C=c1/nc2cc/c(=N\c3cc(C)ccc3C)cc-2s/c1=C/C. The molecule has 1 aromatic rings. The minimum atomic E-state index is 0.972. The fourth-order valence-electron chi connectivity index (χ4n) is 2.49. The Kier molecular flexibility index (Phi) is 4.39. The van der Waals surface area contributed by atoms with Crippen molar-refractivity contribution in [1.82, 2.24) is 4.98 Å². The van der Waals surface area contributed by atoms with Crippen LogP contribution in [-0.4, -0.2) is 4.98 Å². The third-order valence-corrected chi connectivity index (χ3v) is 5.02. The zero-order valence-corrected chi connectivity index (χ0v) is 14.7. The fraction of sp³-hybridized carbons (Fsp3) is 0.200. The summed E-state index contributed by atoms with van der Waals surface area (Å²) in [7, 11) is 0. The van der Waals surface area contributed by atoms with Crippen molar-refractivity contribution in [2.24, 2.45) is 4.99 Å². The van der Waals surface area contributed by atoms with E-state index < -0.39 is 0 Å². The van der Waals surface area contributed by atoms with Crippen LogP contribution in [0.2, 0.25) is 0 Å². The predicted octanol–water partition coefficient (Wildman–Crippen LogP) is 3.70. The van der Waals surface area contributed by atoms with E-state index in [4.69, 9.17) is 9.98 Å². The summed E-state index contributed by atoms with van der Waals surface area (Å²) in [5, 5.41) is 2.02. The lowest BCUT2D eigenvalue weighted by molar-refractivity contribution is 1.23. The summed E-state index contributed by atoms with van der Waals surface area (Å²) >= 11 is 1.76. The number of aromatic nitrogens is 1. The van der Waals surface area contributed by atoms with Crippen LogP contribution in [0.4, 0.5) is 5.69 Å². The minimum absolute atomic E-state index is 0.972. The van der Waals surface area contributed by atoms with Crippen molar-refractivity contribution in [2.45, 2.75) is 27.7 Å². The first-order valence-electron chi connectivity index (χ1n) is 7.76. The zero-order valence-electron chi connectivity index (χ0n) is 13.9. The summed E-state index contributed by atoms with van der Waals surface area (Å²) < 4.78 is 1.20. The van der Waals surface area contributed by atoms with Crippen molar-refractivity contribution < 1.29 is 0 Å². The lowest BCUT2D eigenvalue weighted by Crippen LogP contribution is -2.26. The smallest absolute Gasteiger partial charge is 0.0811 e. The maximum Gasteiger partial charge on any atom is 0.0811 e. The molecule has 0 bridgehead atoms. The van der Waals surface area contributed by atoms with Crippen LogP contribution in [0.15, 0.2) is 41.4 Å². The van der Waals surface area contributed by atoms with Gasteiger partial charge in [-0.15, -0.1) is 11.3 Å². The highest BCUT2D eigenvalue weighted by atomic mass is 32.1. The Morgan fingerprint density at radius 3 is 2.57 bits per heavy atom. The Balaban J connectivity index is 2.23. The number of aryl methyl sites for hydroxylation is 2. The molecule has 2 nitrogen and oxygen atoms in total. The normalized spacial score (nSPS) is 14.0. The van der Waals surface area contributed by atoms with Crippen LogP contribution >= 0.6 is 11.3 Å². The predicted molar refractivity (Wildman–Crippen MR) is 99.4 cm³/mol. The quantitative estimate of drug-likeness (QED) is 0.671. The highest BCUT2D eigenvalue weighted by Gasteiger charge is 2.04. The van der Waals surface area contributed by atoms with Crippen molar-refractivity contribution >= 4 is 29.2 Å². The number of rotatable bonds is 1. The topological polar surface area (TPSA) is 25.2 Å². The van der Waals surface area contributed by atoms with E-state index in [2.05, 4.69) is 63.3 Å². The molecule has 1 aliphatic carbocycles. The van der Waals surface area contributed by atoms with Gasteiger partial charge in [0.2, 0.25) is 0 Å². The molecule has 0 radical (unpaired) electrons. The first-order chi connectivity index (χ1) is 11.1. The van der Waals surface area contributed by atoms with Gasteiger partial charge in [0.05, 0.1) is 27.0 Å². The highest BCUT2D eigenvalue weighted by Crippen LogP contribution is 2.20. The average molecular weight is 320 g/mol. The van der Waals surface area contributed by atoms with E-state index in [0.717, 1.165) is 27.0 Å². The standard InChI is InChI=1S/C20H20N2S/c1-5-16-19(6-2)23-20-12-15(9-10-17(20)22-16)21-18-11-13(3)7-8-14(18)4/h5-12H,1-4H3/b16-5+,19-6+,21-15+.